The zero-order valence-corrected chi connectivity index (χ0v) is 11.6. The van der Waals surface area contributed by atoms with Crippen molar-refractivity contribution in [1.82, 2.24) is 5.32 Å². The molecule has 1 N–H and O–H groups in total. The fourth-order valence-corrected chi connectivity index (χ4v) is 1.82. The molecule has 0 bridgehead atoms. The molecule has 0 saturated carbocycles. The molecule has 1 aromatic carbocycles. The van der Waals surface area contributed by atoms with Crippen LogP contribution in [0.3, 0.4) is 0 Å². The van der Waals surface area contributed by atoms with E-state index < -0.39 is 0 Å². The molecular weight excluding hydrogens is 222 g/mol. The molecule has 0 spiro atoms. The molecule has 1 unspecified atom stereocenters. The molecule has 0 heterocycles. The van der Waals surface area contributed by atoms with Crippen molar-refractivity contribution in [3.63, 3.8) is 0 Å². The van der Waals surface area contributed by atoms with E-state index in [2.05, 4.69) is 50.0 Å². The lowest BCUT2D eigenvalue weighted by Crippen LogP contribution is -2.20. The van der Waals surface area contributed by atoms with E-state index in [1.165, 1.54) is 17.5 Å². The van der Waals surface area contributed by atoms with E-state index in [1.54, 1.807) is 6.08 Å². The number of ether oxygens (including phenoxy) is 1. The Morgan fingerprint density at radius 3 is 2.67 bits per heavy atom. The fourth-order valence-electron chi connectivity index (χ4n) is 1.82. The monoisotopic (exact) mass is 247 g/mol. The van der Waals surface area contributed by atoms with Crippen LogP contribution in [-0.4, -0.2) is 19.7 Å². The van der Waals surface area contributed by atoms with Gasteiger partial charge in [0.2, 0.25) is 0 Å². The Hall–Kier alpha value is -1.12. The topological polar surface area (TPSA) is 21.3 Å². The van der Waals surface area contributed by atoms with Crippen LogP contribution in [0.2, 0.25) is 0 Å². The summed E-state index contributed by atoms with van der Waals surface area (Å²) in [7, 11) is 0. The van der Waals surface area contributed by atoms with Crippen LogP contribution in [0, 0.1) is 0 Å². The smallest absolute Gasteiger partial charge is 0.0721 e. The van der Waals surface area contributed by atoms with Gasteiger partial charge in [-0.15, -0.1) is 6.58 Å². The molecule has 1 aromatic rings. The molecule has 2 nitrogen and oxygen atoms in total. The zero-order valence-electron chi connectivity index (χ0n) is 11.6. The van der Waals surface area contributed by atoms with Crippen LogP contribution in [0.5, 0.6) is 0 Å². The van der Waals surface area contributed by atoms with E-state index in [0.29, 0.717) is 19.1 Å². The first-order chi connectivity index (χ1) is 8.77. The van der Waals surface area contributed by atoms with Crippen molar-refractivity contribution in [3.8, 4) is 0 Å². The molecule has 0 radical (unpaired) electrons. The van der Waals surface area contributed by atoms with Crippen LogP contribution >= 0.6 is 0 Å². The van der Waals surface area contributed by atoms with Crippen molar-refractivity contribution in [1.29, 1.82) is 0 Å². The van der Waals surface area contributed by atoms with Gasteiger partial charge in [-0.1, -0.05) is 44.2 Å². The molecule has 1 atom stereocenters. The quantitative estimate of drug-likeness (QED) is 0.533. The average Bonchev–Trinajstić information content (AvgIpc) is 2.40. The Bertz CT molecular complexity index is 331. The molecule has 100 valence electrons. The minimum atomic E-state index is 0.555. The second-order valence-corrected chi connectivity index (χ2v) is 4.65. The lowest BCUT2D eigenvalue weighted by molar-refractivity contribution is 0.149. The zero-order chi connectivity index (χ0) is 13.2. The number of hydrogen-bond donors (Lipinski definition) is 1. The number of nitrogens with one attached hydrogen (secondary N) is 1. The second-order valence-electron chi connectivity index (χ2n) is 4.65. The molecule has 0 saturated heterocycles. The van der Waals surface area contributed by atoms with Crippen LogP contribution in [-0.2, 0) is 11.3 Å². The predicted molar refractivity (Wildman–Crippen MR) is 77.9 cm³/mol. The highest BCUT2D eigenvalue weighted by atomic mass is 16.5. The Balaban J connectivity index is 2.40. The molecule has 1 rings (SSSR count). The summed E-state index contributed by atoms with van der Waals surface area (Å²) >= 11 is 0. The Labute approximate surface area is 111 Å². The largest absolute Gasteiger partial charge is 0.373 e. The maximum absolute atomic E-state index is 5.42. The number of rotatable bonds is 9. The van der Waals surface area contributed by atoms with Gasteiger partial charge in [-0.2, -0.15) is 0 Å². The summed E-state index contributed by atoms with van der Waals surface area (Å²) in [5, 5.41) is 3.45. The number of benzene rings is 1. The van der Waals surface area contributed by atoms with E-state index in [-0.39, 0.29) is 0 Å². The van der Waals surface area contributed by atoms with Gasteiger partial charge in [0.05, 0.1) is 13.2 Å². The highest BCUT2D eigenvalue weighted by molar-refractivity contribution is 5.24. The van der Waals surface area contributed by atoms with E-state index in [9.17, 15) is 0 Å². The van der Waals surface area contributed by atoms with Gasteiger partial charge in [0.25, 0.3) is 0 Å². The third-order valence-corrected chi connectivity index (χ3v) is 2.93. The standard InChI is InChI=1S/C16H25NO/c1-4-10-17-12-14(3)16-8-6-15(7-9-16)13-18-11-5-2/h5-9,14,17H,2,4,10-13H2,1,3H3. The van der Waals surface area contributed by atoms with Gasteiger partial charge in [-0.05, 0) is 30.0 Å². The van der Waals surface area contributed by atoms with Gasteiger partial charge in [0.15, 0.2) is 0 Å². The summed E-state index contributed by atoms with van der Waals surface area (Å²) in [6.45, 7) is 11.5. The van der Waals surface area contributed by atoms with Crippen LogP contribution in [0.15, 0.2) is 36.9 Å². The minimum absolute atomic E-state index is 0.555. The van der Waals surface area contributed by atoms with Crippen LogP contribution in [0.4, 0.5) is 0 Å². The summed E-state index contributed by atoms with van der Waals surface area (Å²) in [5.41, 5.74) is 2.60. The van der Waals surface area contributed by atoms with Gasteiger partial charge in [0, 0.05) is 6.54 Å². The summed E-state index contributed by atoms with van der Waals surface area (Å²) in [6.07, 6.45) is 2.96. The molecule has 0 amide bonds. The third-order valence-electron chi connectivity index (χ3n) is 2.93. The van der Waals surface area contributed by atoms with Gasteiger partial charge >= 0.3 is 0 Å². The van der Waals surface area contributed by atoms with Crippen molar-refractivity contribution in [3.05, 3.63) is 48.0 Å². The molecule has 18 heavy (non-hydrogen) atoms. The molecule has 0 aliphatic rings. The van der Waals surface area contributed by atoms with Gasteiger partial charge < -0.3 is 10.1 Å². The molecule has 0 aromatic heterocycles. The van der Waals surface area contributed by atoms with Gasteiger partial charge in [0.1, 0.15) is 0 Å². The van der Waals surface area contributed by atoms with E-state index in [1.807, 2.05) is 0 Å². The lowest BCUT2D eigenvalue weighted by atomic mass is 10.00. The lowest BCUT2D eigenvalue weighted by Gasteiger charge is -2.13. The van der Waals surface area contributed by atoms with Crippen molar-refractivity contribution in [2.24, 2.45) is 0 Å². The van der Waals surface area contributed by atoms with Gasteiger partial charge in [-0.25, -0.2) is 0 Å². The highest BCUT2D eigenvalue weighted by Gasteiger charge is 2.04. The van der Waals surface area contributed by atoms with E-state index >= 15 is 0 Å². The van der Waals surface area contributed by atoms with Crippen molar-refractivity contribution in [2.45, 2.75) is 32.8 Å². The van der Waals surface area contributed by atoms with Crippen molar-refractivity contribution in [2.75, 3.05) is 19.7 Å². The Morgan fingerprint density at radius 1 is 1.33 bits per heavy atom. The first-order valence-corrected chi connectivity index (χ1v) is 6.76. The maximum atomic E-state index is 5.42. The molecule has 0 aliphatic heterocycles. The minimum Gasteiger partial charge on any atom is -0.373 e. The summed E-state index contributed by atoms with van der Waals surface area (Å²) < 4.78 is 5.42. The second kappa shape index (κ2) is 8.90. The fraction of sp³-hybridized carbons (Fsp3) is 0.500. The molecule has 2 heteroatoms. The molecule has 0 fully saturated rings. The van der Waals surface area contributed by atoms with E-state index in [0.717, 1.165) is 13.1 Å². The van der Waals surface area contributed by atoms with E-state index in [4.69, 9.17) is 4.74 Å². The Kier molecular flexibility index (Phi) is 7.38. The summed E-state index contributed by atoms with van der Waals surface area (Å²) in [5.74, 6) is 0.555. The third kappa shape index (κ3) is 5.48. The van der Waals surface area contributed by atoms with Crippen molar-refractivity contribution >= 4 is 0 Å². The average molecular weight is 247 g/mol. The first kappa shape index (κ1) is 14.9. The normalized spacial score (nSPS) is 12.3. The summed E-state index contributed by atoms with van der Waals surface area (Å²) in [4.78, 5) is 0. The summed E-state index contributed by atoms with van der Waals surface area (Å²) in [6, 6.07) is 8.69. The van der Waals surface area contributed by atoms with Crippen LogP contribution < -0.4 is 5.32 Å². The van der Waals surface area contributed by atoms with Crippen LogP contribution in [0.1, 0.15) is 37.3 Å². The molecule has 0 aliphatic carbocycles. The highest BCUT2D eigenvalue weighted by Crippen LogP contribution is 2.15. The van der Waals surface area contributed by atoms with Crippen LogP contribution in [0.25, 0.3) is 0 Å². The molecular formula is C16H25NO. The Morgan fingerprint density at radius 2 is 2.06 bits per heavy atom. The van der Waals surface area contributed by atoms with Gasteiger partial charge in [-0.3, -0.25) is 0 Å². The predicted octanol–water partition coefficient (Wildman–Crippen LogP) is 3.49. The first-order valence-electron chi connectivity index (χ1n) is 6.76. The van der Waals surface area contributed by atoms with Crippen molar-refractivity contribution < 1.29 is 4.74 Å². The SMILES string of the molecule is C=CCOCc1ccc(C(C)CNCCC)cc1. The number of hydrogen-bond acceptors (Lipinski definition) is 2. The maximum Gasteiger partial charge on any atom is 0.0721 e.